The number of thioether (sulfide) groups is 2. The summed E-state index contributed by atoms with van der Waals surface area (Å²) in [4.78, 5) is 0. The highest BCUT2D eigenvalue weighted by Gasteiger charge is 2.34. The summed E-state index contributed by atoms with van der Waals surface area (Å²) in [7, 11) is 0. The minimum atomic E-state index is -0.577. The number of nitrogens with one attached hydrogen (secondary N) is 1. The van der Waals surface area contributed by atoms with Crippen molar-refractivity contribution in [1.82, 2.24) is 5.43 Å². The van der Waals surface area contributed by atoms with Crippen molar-refractivity contribution in [3.05, 3.63) is 33.8 Å². The predicted molar refractivity (Wildman–Crippen MR) is 82.3 cm³/mol. The molecule has 0 saturated carbocycles. The molecule has 1 aromatic carbocycles. The molecule has 0 spiro atoms. The highest BCUT2D eigenvalue weighted by Crippen LogP contribution is 2.40. The summed E-state index contributed by atoms with van der Waals surface area (Å²) >= 11 is 6.61. The quantitative estimate of drug-likeness (QED) is 0.486. The molecule has 3 unspecified atom stereocenters. The number of rotatable bonds is 3. The SMILES string of the molecule is CC1SCCSC1C(NN)c1c(F)ccc(Br)c1F. The van der Waals surface area contributed by atoms with Crippen LogP contribution in [0.1, 0.15) is 18.5 Å². The molecule has 1 aliphatic heterocycles. The Morgan fingerprint density at radius 2 is 2.05 bits per heavy atom. The van der Waals surface area contributed by atoms with Crippen molar-refractivity contribution in [2.24, 2.45) is 5.84 Å². The molecule has 3 atom stereocenters. The van der Waals surface area contributed by atoms with Crippen LogP contribution in [0, 0.1) is 11.6 Å². The zero-order chi connectivity index (χ0) is 14.0. The van der Waals surface area contributed by atoms with E-state index in [2.05, 4.69) is 28.3 Å². The van der Waals surface area contributed by atoms with Crippen molar-refractivity contribution in [2.75, 3.05) is 11.5 Å². The third-order valence-electron chi connectivity index (χ3n) is 3.14. The lowest BCUT2D eigenvalue weighted by Gasteiger charge is -2.34. The molecule has 0 aromatic heterocycles. The molecule has 2 nitrogen and oxygen atoms in total. The first-order valence-corrected chi connectivity index (χ1v) is 8.78. The van der Waals surface area contributed by atoms with Gasteiger partial charge in [-0.2, -0.15) is 23.5 Å². The van der Waals surface area contributed by atoms with Gasteiger partial charge in [0.2, 0.25) is 0 Å². The van der Waals surface area contributed by atoms with Crippen LogP contribution in [0.25, 0.3) is 0 Å². The first-order chi connectivity index (χ1) is 9.06. The normalized spacial score (nSPS) is 25.3. The van der Waals surface area contributed by atoms with Crippen LogP contribution in [0.4, 0.5) is 8.78 Å². The summed E-state index contributed by atoms with van der Waals surface area (Å²) in [6.45, 7) is 2.07. The van der Waals surface area contributed by atoms with E-state index in [1.54, 1.807) is 11.8 Å². The molecule has 0 amide bonds. The standard InChI is InChI=1S/C12H15BrF2N2S2/c1-6-12(19-5-4-18-6)11(17-16)9-8(14)3-2-7(13)10(9)15/h2-3,6,11-12,17H,4-5,16H2,1H3. The Morgan fingerprint density at radius 3 is 2.68 bits per heavy atom. The third-order valence-corrected chi connectivity index (χ3v) is 6.94. The van der Waals surface area contributed by atoms with Gasteiger partial charge in [-0.3, -0.25) is 11.3 Å². The van der Waals surface area contributed by atoms with Crippen LogP contribution in [0.3, 0.4) is 0 Å². The van der Waals surface area contributed by atoms with E-state index in [4.69, 9.17) is 5.84 Å². The second-order valence-corrected chi connectivity index (χ2v) is 7.94. The highest BCUT2D eigenvalue weighted by molar-refractivity contribution is 9.10. The van der Waals surface area contributed by atoms with Crippen molar-refractivity contribution >= 4 is 39.5 Å². The van der Waals surface area contributed by atoms with Crippen molar-refractivity contribution in [1.29, 1.82) is 0 Å². The van der Waals surface area contributed by atoms with Crippen LogP contribution in [0.15, 0.2) is 16.6 Å². The van der Waals surface area contributed by atoms with E-state index in [-0.39, 0.29) is 20.5 Å². The molecule has 0 bridgehead atoms. The fourth-order valence-corrected chi connectivity index (χ4v) is 5.44. The maximum absolute atomic E-state index is 14.2. The molecule has 7 heteroatoms. The van der Waals surface area contributed by atoms with E-state index in [0.717, 1.165) is 11.5 Å². The molecule has 1 aliphatic rings. The molecule has 106 valence electrons. The molecule has 0 radical (unpaired) electrons. The average Bonchev–Trinajstić information content (AvgIpc) is 2.40. The summed E-state index contributed by atoms with van der Waals surface area (Å²) in [6, 6.07) is 2.09. The summed E-state index contributed by atoms with van der Waals surface area (Å²) in [5, 5.41) is 0.333. The first kappa shape index (κ1) is 15.6. The summed E-state index contributed by atoms with van der Waals surface area (Å²) < 4.78 is 28.4. The van der Waals surface area contributed by atoms with Crippen LogP contribution in [-0.4, -0.2) is 22.0 Å². The van der Waals surface area contributed by atoms with E-state index in [0.29, 0.717) is 0 Å². The molecular formula is C12H15BrF2N2S2. The Hall–Kier alpha value is 0.180. The number of nitrogens with two attached hydrogens (primary N) is 1. The van der Waals surface area contributed by atoms with Crippen molar-refractivity contribution < 1.29 is 8.78 Å². The van der Waals surface area contributed by atoms with E-state index >= 15 is 0 Å². The highest BCUT2D eigenvalue weighted by atomic mass is 79.9. The Morgan fingerprint density at radius 1 is 1.37 bits per heavy atom. The lowest BCUT2D eigenvalue weighted by atomic mass is 10.0. The number of hydrazine groups is 1. The van der Waals surface area contributed by atoms with Gasteiger partial charge in [0.25, 0.3) is 0 Å². The van der Waals surface area contributed by atoms with Crippen LogP contribution >= 0.6 is 39.5 Å². The van der Waals surface area contributed by atoms with Crippen LogP contribution in [0.2, 0.25) is 0 Å². The number of halogens is 3. The molecule has 1 fully saturated rings. The lowest BCUT2D eigenvalue weighted by molar-refractivity contribution is 0.459. The number of hydrogen-bond acceptors (Lipinski definition) is 4. The number of hydrogen-bond donors (Lipinski definition) is 2. The minimum Gasteiger partial charge on any atom is -0.271 e. The van der Waals surface area contributed by atoms with Crippen LogP contribution in [-0.2, 0) is 0 Å². The molecule has 1 saturated heterocycles. The minimum absolute atomic E-state index is 0.0173. The second-order valence-electron chi connectivity index (χ2n) is 4.31. The Bertz CT molecular complexity index is 462. The fraction of sp³-hybridized carbons (Fsp3) is 0.500. The molecule has 2 rings (SSSR count). The monoisotopic (exact) mass is 368 g/mol. The zero-order valence-corrected chi connectivity index (χ0v) is 13.5. The van der Waals surface area contributed by atoms with E-state index in [1.807, 2.05) is 11.8 Å². The fourth-order valence-electron chi connectivity index (χ4n) is 2.19. The van der Waals surface area contributed by atoms with Gasteiger partial charge in [0.05, 0.1) is 10.5 Å². The van der Waals surface area contributed by atoms with Crippen molar-refractivity contribution in [3.8, 4) is 0 Å². The maximum Gasteiger partial charge on any atom is 0.145 e. The molecular weight excluding hydrogens is 354 g/mol. The van der Waals surface area contributed by atoms with Crippen LogP contribution in [0.5, 0.6) is 0 Å². The summed E-state index contributed by atoms with van der Waals surface area (Å²) in [6.07, 6.45) is 0. The van der Waals surface area contributed by atoms with Gasteiger partial charge in [-0.25, -0.2) is 8.78 Å². The number of benzene rings is 1. The van der Waals surface area contributed by atoms with Gasteiger partial charge in [-0.1, -0.05) is 6.92 Å². The van der Waals surface area contributed by atoms with Gasteiger partial charge in [-0.05, 0) is 28.1 Å². The van der Waals surface area contributed by atoms with E-state index in [1.165, 1.54) is 12.1 Å². The molecule has 19 heavy (non-hydrogen) atoms. The summed E-state index contributed by atoms with van der Waals surface area (Å²) in [5.74, 6) is 6.45. The Labute approximate surface area is 128 Å². The predicted octanol–water partition coefficient (Wildman–Crippen LogP) is 3.47. The van der Waals surface area contributed by atoms with Crippen LogP contribution < -0.4 is 11.3 Å². The lowest BCUT2D eigenvalue weighted by Crippen LogP contribution is -2.41. The molecule has 0 aliphatic carbocycles. The molecule has 1 aromatic rings. The largest absolute Gasteiger partial charge is 0.271 e. The summed E-state index contributed by atoms with van der Waals surface area (Å²) in [5.41, 5.74) is 2.61. The first-order valence-electron chi connectivity index (χ1n) is 5.89. The van der Waals surface area contributed by atoms with Gasteiger partial charge < -0.3 is 0 Å². The smallest absolute Gasteiger partial charge is 0.145 e. The average molecular weight is 369 g/mol. The van der Waals surface area contributed by atoms with Crippen molar-refractivity contribution in [3.63, 3.8) is 0 Å². The molecule has 1 heterocycles. The van der Waals surface area contributed by atoms with Crippen molar-refractivity contribution in [2.45, 2.75) is 23.5 Å². The molecule has 3 N–H and O–H groups in total. The maximum atomic E-state index is 14.2. The zero-order valence-electron chi connectivity index (χ0n) is 10.3. The van der Waals surface area contributed by atoms with Gasteiger partial charge in [0.15, 0.2) is 0 Å². The van der Waals surface area contributed by atoms with Gasteiger partial charge in [-0.15, -0.1) is 0 Å². The second kappa shape index (κ2) is 6.76. The third kappa shape index (κ3) is 3.26. The van der Waals surface area contributed by atoms with E-state index in [9.17, 15) is 8.78 Å². The van der Waals surface area contributed by atoms with Gasteiger partial charge >= 0.3 is 0 Å². The van der Waals surface area contributed by atoms with Gasteiger partial charge in [0, 0.05) is 27.6 Å². The van der Waals surface area contributed by atoms with E-state index < -0.39 is 17.7 Å². The van der Waals surface area contributed by atoms with Gasteiger partial charge in [0.1, 0.15) is 11.6 Å². The Balaban J connectivity index is 2.39. The Kier molecular flexibility index (Phi) is 5.54. The topological polar surface area (TPSA) is 38.0 Å².